The molecule has 1 aromatic heterocycles. The lowest BCUT2D eigenvalue weighted by Gasteiger charge is -2.02. The third-order valence-corrected chi connectivity index (χ3v) is 2.50. The van der Waals surface area contributed by atoms with Gasteiger partial charge in [-0.25, -0.2) is 0 Å². The summed E-state index contributed by atoms with van der Waals surface area (Å²) in [5.74, 6) is 0.352. The Labute approximate surface area is 110 Å². The minimum absolute atomic E-state index is 0.00408. The topological polar surface area (TPSA) is 59.3 Å². The highest BCUT2D eigenvalue weighted by Gasteiger charge is 2.01. The van der Waals surface area contributed by atoms with Crippen molar-refractivity contribution in [3.63, 3.8) is 0 Å². The predicted octanol–water partition coefficient (Wildman–Crippen LogP) is 3.13. The lowest BCUT2D eigenvalue weighted by molar-refractivity contribution is -0.111. The van der Waals surface area contributed by atoms with E-state index in [1.807, 2.05) is 0 Å². The minimum Gasteiger partial charge on any atom is -0.465 e. The van der Waals surface area contributed by atoms with Crippen LogP contribution in [0, 0.1) is 0 Å². The van der Waals surface area contributed by atoms with Gasteiger partial charge in [-0.15, -0.1) is 0 Å². The first-order valence-electron chi connectivity index (χ1n) is 5.79. The van der Waals surface area contributed by atoms with Crippen LogP contribution in [0.4, 0.5) is 5.69 Å². The molecule has 0 aliphatic carbocycles. The summed E-state index contributed by atoms with van der Waals surface area (Å²) in [5.41, 5.74) is 1.25. The van der Waals surface area contributed by atoms with Crippen LogP contribution < -0.4 is 5.32 Å². The summed E-state index contributed by atoms with van der Waals surface area (Å²) in [6.07, 6.45) is 4.51. The van der Waals surface area contributed by atoms with E-state index in [2.05, 4.69) is 5.32 Å². The zero-order valence-electron chi connectivity index (χ0n) is 10.4. The van der Waals surface area contributed by atoms with Crippen LogP contribution in [0.2, 0.25) is 0 Å². The lowest BCUT2D eigenvalue weighted by Crippen LogP contribution is -2.07. The van der Waals surface area contributed by atoms with Gasteiger partial charge < -0.3 is 9.73 Å². The predicted molar refractivity (Wildman–Crippen MR) is 72.8 cm³/mol. The van der Waals surface area contributed by atoms with Crippen LogP contribution in [0.1, 0.15) is 23.0 Å². The van der Waals surface area contributed by atoms with E-state index in [-0.39, 0.29) is 11.7 Å². The monoisotopic (exact) mass is 255 g/mol. The number of rotatable bonds is 4. The van der Waals surface area contributed by atoms with Gasteiger partial charge in [0.2, 0.25) is 5.91 Å². The van der Waals surface area contributed by atoms with Crippen LogP contribution in [0.3, 0.4) is 0 Å². The molecule has 2 aromatic rings. The fourth-order valence-corrected chi connectivity index (χ4v) is 1.52. The first-order chi connectivity index (χ1) is 9.15. The molecular weight excluding hydrogens is 242 g/mol. The van der Waals surface area contributed by atoms with Crippen molar-refractivity contribution in [3.8, 4) is 0 Å². The molecule has 0 spiro atoms. The fourth-order valence-electron chi connectivity index (χ4n) is 1.52. The number of hydrogen-bond donors (Lipinski definition) is 1. The third-order valence-electron chi connectivity index (χ3n) is 2.50. The lowest BCUT2D eigenvalue weighted by atomic mass is 10.1. The molecule has 1 heterocycles. The molecular formula is C15H13NO3. The molecule has 4 nitrogen and oxygen atoms in total. The van der Waals surface area contributed by atoms with E-state index in [1.165, 1.54) is 19.3 Å². The second-order valence-corrected chi connectivity index (χ2v) is 3.97. The molecule has 0 atom stereocenters. The average Bonchev–Trinajstić information content (AvgIpc) is 2.90. The van der Waals surface area contributed by atoms with Gasteiger partial charge in [0.05, 0.1) is 6.26 Å². The van der Waals surface area contributed by atoms with Crippen molar-refractivity contribution < 1.29 is 14.0 Å². The standard InChI is InChI=1S/C15H13NO3/c1-11(17)12-4-6-13(7-5-12)16-15(18)9-8-14-3-2-10-19-14/h2-10H,1H3,(H,16,18)/b9-8+. The smallest absolute Gasteiger partial charge is 0.248 e. The SMILES string of the molecule is CC(=O)c1ccc(NC(=O)/C=C/c2ccco2)cc1. The normalized spacial score (nSPS) is 10.6. The molecule has 0 aliphatic rings. The van der Waals surface area contributed by atoms with Gasteiger partial charge in [0.15, 0.2) is 5.78 Å². The highest BCUT2D eigenvalue weighted by atomic mass is 16.3. The average molecular weight is 255 g/mol. The van der Waals surface area contributed by atoms with Gasteiger partial charge in [0.25, 0.3) is 0 Å². The first-order valence-corrected chi connectivity index (χ1v) is 5.79. The maximum Gasteiger partial charge on any atom is 0.248 e. The Morgan fingerprint density at radius 2 is 1.89 bits per heavy atom. The second-order valence-electron chi connectivity index (χ2n) is 3.97. The largest absolute Gasteiger partial charge is 0.465 e. The number of hydrogen-bond acceptors (Lipinski definition) is 3. The zero-order chi connectivity index (χ0) is 13.7. The molecule has 1 aromatic carbocycles. The highest BCUT2D eigenvalue weighted by molar-refractivity contribution is 6.02. The molecule has 1 N–H and O–H groups in total. The zero-order valence-corrected chi connectivity index (χ0v) is 10.4. The van der Waals surface area contributed by atoms with E-state index in [0.29, 0.717) is 17.0 Å². The van der Waals surface area contributed by atoms with Gasteiger partial charge in [-0.2, -0.15) is 0 Å². The van der Waals surface area contributed by atoms with Gasteiger partial charge >= 0.3 is 0 Å². The number of carbonyl (C=O) groups excluding carboxylic acids is 2. The van der Waals surface area contributed by atoms with Crippen LogP contribution in [0.15, 0.2) is 53.2 Å². The van der Waals surface area contributed by atoms with Crippen molar-refractivity contribution in [1.29, 1.82) is 0 Å². The van der Waals surface area contributed by atoms with E-state index in [1.54, 1.807) is 42.5 Å². The summed E-state index contributed by atoms with van der Waals surface area (Å²) in [6, 6.07) is 10.2. The van der Waals surface area contributed by atoms with Gasteiger partial charge in [-0.3, -0.25) is 9.59 Å². The molecule has 0 fully saturated rings. The fraction of sp³-hybridized carbons (Fsp3) is 0.0667. The van der Waals surface area contributed by atoms with Crippen LogP contribution in [-0.2, 0) is 4.79 Å². The van der Waals surface area contributed by atoms with Gasteiger partial charge in [-0.05, 0) is 49.4 Å². The summed E-state index contributed by atoms with van der Waals surface area (Å²) in [5, 5.41) is 2.69. The van der Waals surface area contributed by atoms with Crippen molar-refractivity contribution in [3.05, 3.63) is 60.1 Å². The molecule has 0 saturated heterocycles. The number of amides is 1. The summed E-state index contributed by atoms with van der Waals surface area (Å²) >= 11 is 0. The molecule has 0 aliphatic heterocycles. The Morgan fingerprint density at radius 3 is 2.47 bits per heavy atom. The van der Waals surface area contributed by atoms with Crippen LogP contribution >= 0.6 is 0 Å². The Kier molecular flexibility index (Phi) is 3.93. The van der Waals surface area contributed by atoms with E-state index < -0.39 is 0 Å². The van der Waals surface area contributed by atoms with Gasteiger partial charge in [0.1, 0.15) is 5.76 Å². The molecule has 19 heavy (non-hydrogen) atoms. The summed E-state index contributed by atoms with van der Waals surface area (Å²) in [6.45, 7) is 1.50. The maximum absolute atomic E-state index is 11.6. The molecule has 1 amide bonds. The van der Waals surface area contributed by atoms with E-state index >= 15 is 0 Å². The molecule has 4 heteroatoms. The molecule has 0 saturated carbocycles. The molecule has 0 bridgehead atoms. The van der Waals surface area contributed by atoms with Gasteiger partial charge in [0, 0.05) is 17.3 Å². The first kappa shape index (κ1) is 12.8. The van der Waals surface area contributed by atoms with Crippen molar-refractivity contribution in [1.82, 2.24) is 0 Å². The van der Waals surface area contributed by atoms with E-state index in [9.17, 15) is 9.59 Å². The van der Waals surface area contributed by atoms with Crippen molar-refractivity contribution in [2.45, 2.75) is 6.92 Å². The molecule has 0 radical (unpaired) electrons. The van der Waals surface area contributed by atoms with Crippen LogP contribution in [0.5, 0.6) is 0 Å². The Balaban J connectivity index is 1.97. The van der Waals surface area contributed by atoms with E-state index in [4.69, 9.17) is 4.42 Å². The van der Waals surface area contributed by atoms with Gasteiger partial charge in [-0.1, -0.05) is 0 Å². The Bertz CT molecular complexity index is 595. The number of Topliss-reactive ketones (excluding diaryl/α,β-unsaturated/α-hetero) is 1. The molecule has 2 rings (SSSR count). The highest BCUT2D eigenvalue weighted by Crippen LogP contribution is 2.10. The second kappa shape index (κ2) is 5.82. The Hall–Kier alpha value is -2.62. The molecule has 0 unspecified atom stereocenters. The van der Waals surface area contributed by atoms with Crippen LogP contribution in [0.25, 0.3) is 6.08 Å². The number of nitrogens with one attached hydrogen (secondary N) is 1. The maximum atomic E-state index is 11.6. The van der Waals surface area contributed by atoms with Crippen LogP contribution in [-0.4, -0.2) is 11.7 Å². The summed E-state index contributed by atoms with van der Waals surface area (Å²) in [4.78, 5) is 22.7. The molecule has 96 valence electrons. The van der Waals surface area contributed by atoms with Crippen molar-refractivity contribution in [2.24, 2.45) is 0 Å². The minimum atomic E-state index is -0.257. The summed E-state index contributed by atoms with van der Waals surface area (Å²) in [7, 11) is 0. The number of furan rings is 1. The van der Waals surface area contributed by atoms with E-state index in [0.717, 1.165) is 0 Å². The quantitative estimate of drug-likeness (QED) is 0.674. The van der Waals surface area contributed by atoms with Crippen molar-refractivity contribution >= 4 is 23.5 Å². The number of anilines is 1. The Morgan fingerprint density at radius 1 is 1.16 bits per heavy atom. The summed E-state index contributed by atoms with van der Waals surface area (Å²) < 4.78 is 5.07. The number of carbonyl (C=O) groups is 2. The third kappa shape index (κ3) is 3.67. The number of ketones is 1. The van der Waals surface area contributed by atoms with Crippen molar-refractivity contribution in [2.75, 3.05) is 5.32 Å². The number of benzene rings is 1.